The molecule has 0 aliphatic heterocycles. The van der Waals surface area contributed by atoms with E-state index >= 15 is 0 Å². The van der Waals surface area contributed by atoms with Crippen LogP contribution in [0.2, 0.25) is 0 Å². The van der Waals surface area contributed by atoms with Gasteiger partial charge in [-0.2, -0.15) is 0 Å². The summed E-state index contributed by atoms with van der Waals surface area (Å²) in [6.45, 7) is 7.52. The Morgan fingerprint density at radius 1 is 1.20 bits per heavy atom. The van der Waals surface area contributed by atoms with Crippen molar-refractivity contribution in [3.8, 4) is 0 Å². The number of fused-ring (bicyclic) bond motifs is 1. The Morgan fingerprint density at radius 2 is 1.90 bits per heavy atom. The number of hydrogen-bond acceptors (Lipinski definition) is 4. The number of carbonyl (C=O) groups is 1. The normalized spacial score (nSPS) is 13.9. The molecule has 1 aromatic rings. The summed E-state index contributed by atoms with van der Waals surface area (Å²) in [5, 5.41) is 1.02. The maximum atomic E-state index is 12.1. The van der Waals surface area contributed by atoms with Crippen LogP contribution in [0.15, 0.2) is 5.03 Å². The van der Waals surface area contributed by atoms with Gasteiger partial charge in [0.25, 0.3) is 0 Å². The Kier molecular flexibility index (Phi) is 5.40. The molecule has 0 N–H and O–H groups in total. The number of nitrogens with zero attached hydrogens (tertiary/aromatic N) is 3. The molecule has 110 valence electrons. The van der Waals surface area contributed by atoms with E-state index in [2.05, 4.69) is 9.97 Å². The minimum absolute atomic E-state index is 0.195. The fourth-order valence-electron chi connectivity index (χ4n) is 2.59. The van der Waals surface area contributed by atoms with Crippen molar-refractivity contribution in [2.24, 2.45) is 0 Å². The number of aryl methyl sites for hydroxylation is 2. The summed E-state index contributed by atoms with van der Waals surface area (Å²) in [6.07, 6.45) is 4.52. The van der Waals surface area contributed by atoms with E-state index in [9.17, 15) is 4.79 Å². The molecule has 0 aromatic carbocycles. The van der Waals surface area contributed by atoms with Gasteiger partial charge in [-0.15, -0.1) is 0 Å². The van der Waals surface area contributed by atoms with E-state index < -0.39 is 0 Å². The van der Waals surface area contributed by atoms with Gasteiger partial charge >= 0.3 is 0 Å². The first-order valence-corrected chi connectivity index (χ1v) is 8.41. The lowest BCUT2D eigenvalue weighted by atomic mass is 9.97. The third-order valence-corrected chi connectivity index (χ3v) is 4.71. The van der Waals surface area contributed by atoms with Crippen LogP contribution in [-0.4, -0.2) is 39.6 Å². The second-order valence-electron chi connectivity index (χ2n) is 5.06. The molecule has 5 heteroatoms. The van der Waals surface area contributed by atoms with Gasteiger partial charge in [-0.05, 0) is 46.5 Å². The van der Waals surface area contributed by atoms with Gasteiger partial charge in [0.05, 0.1) is 5.75 Å². The highest BCUT2D eigenvalue weighted by atomic mass is 32.2. The van der Waals surface area contributed by atoms with Gasteiger partial charge in [0.15, 0.2) is 0 Å². The van der Waals surface area contributed by atoms with E-state index in [1.54, 1.807) is 11.8 Å². The summed E-state index contributed by atoms with van der Waals surface area (Å²) in [6, 6.07) is 0. The highest BCUT2D eigenvalue weighted by Crippen LogP contribution is 2.28. The maximum absolute atomic E-state index is 12.1. The number of thioether (sulfide) groups is 1. The summed E-state index contributed by atoms with van der Waals surface area (Å²) < 4.78 is 0. The van der Waals surface area contributed by atoms with Crippen molar-refractivity contribution in [3.63, 3.8) is 0 Å². The van der Waals surface area contributed by atoms with Gasteiger partial charge in [0.1, 0.15) is 10.9 Å². The molecule has 0 unspecified atom stereocenters. The maximum Gasteiger partial charge on any atom is 0.232 e. The Bertz CT molecular complexity index is 486. The van der Waals surface area contributed by atoms with Gasteiger partial charge in [-0.3, -0.25) is 4.79 Å². The molecule has 1 aromatic heterocycles. The third-order valence-electron chi connectivity index (χ3n) is 3.71. The van der Waals surface area contributed by atoms with Gasteiger partial charge in [0.2, 0.25) is 5.91 Å². The summed E-state index contributed by atoms with van der Waals surface area (Å²) in [5.74, 6) is 1.49. The standard InChI is InChI=1S/C15H23N3OS/c1-4-18(5-2)14(19)10-20-15-12-8-6-7-9-13(12)16-11(3)17-15/h4-10H2,1-3H3. The first kappa shape index (κ1) is 15.3. The van der Waals surface area contributed by atoms with Crippen LogP contribution in [0.4, 0.5) is 0 Å². The second-order valence-corrected chi connectivity index (χ2v) is 6.03. The molecule has 0 atom stereocenters. The fraction of sp³-hybridized carbons (Fsp3) is 0.667. The minimum atomic E-state index is 0.195. The second kappa shape index (κ2) is 7.07. The molecule has 0 saturated heterocycles. The van der Waals surface area contributed by atoms with Gasteiger partial charge in [-0.1, -0.05) is 11.8 Å². The fourth-order valence-corrected chi connectivity index (χ4v) is 3.63. The smallest absolute Gasteiger partial charge is 0.232 e. The van der Waals surface area contributed by atoms with Crippen LogP contribution >= 0.6 is 11.8 Å². The Morgan fingerprint density at radius 3 is 2.60 bits per heavy atom. The molecule has 0 spiro atoms. The van der Waals surface area contributed by atoms with Crippen LogP contribution in [0.3, 0.4) is 0 Å². The van der Waals surface area contributed by atoms with Crippen molar-refractivity contribution in [1.82, 2.24) is 14.9 Å². The molecular weight excluding hydrogens is 270 g/mol. The van der Waals surface area contributed by atoms with Crippen molar-refractivity contribution in [3.05, 3.63) is 17.1 Å². The van der Waals surface area contributed by atoms with Gasteiger partial charge in [-0.25, -0.2) is 9.97 Å². The highest BCUT2D eigenvalue weighted by Gasteiger charge is 2.18. The van der Waals surface area contributed by atoms with Crippen LogP contribution in [0.5, 0.6) is 0 Å². The van der Waals surface area contributed by atoms with E-state index in [0.717, 1.165) is 36.8 Å². The number of hydrogen-bond donors (Lipinski definition) is 0. The Balaban J connectivity index is 2.09. The average molecular weight is 293 g/mol. The van der Waals surface area contributed by atoms with Crippen molar-refractivity contribution in [1.29, 1.82) is 0 Å². The molecular formula is C15H23N3OS. The van der Waals surface area contributed by atoms with Crippen molar-refractivity contribution < 1.29 is 4.79 Å². The summed E-state index contributed by atoms with van der Waals surface area (Å²) in [4.78, 5) is 23.1. The number of amides is 1. The molecule has 0 saturated carbocycles. The zero-order valence-electron chi connectivity index (χ0n) is 12.6. The lowest BCUT2D eigenvalue weighted by Gasteiger charge is -2.20. The van der Waals surface area contributed by atoms with Gasteiger partial charge in [0, 0.05) is 24.3 Å². The van der Waals surface area contributed by atoms with Crippen LogP contribution < -0.4 is 0 Å². The van der Waals surface area contributed by atoms with E-state index in [-0.39, 0.29) is 5.91 Å². The molecule has 0 radical (unpaired) electrons. The Hall–Kier alpha value is -1.10. The first-order chi connectivity index (χ1) is 9.65. The number of rotatable bonds is 5. The summed E-state index contributed by atoms with van der Waals surface area (Å²) >= 11 is 1.57. The zero-order valence-corrected chi connectivity index (χ0v) is 13.4. The van der Waals surface area contributed by atoms with Crippen LogP contribution in [0.25, 0.3) is 0 Å². The average Bonchev–Trinajstić information content (AvgIpc) is 2.45. The number of aromatic nitrogens is 2. The third kappa shape index (κ3) is 3.51. The molecule has 0 bridgehead atoms. The number of carbonyl (C=O) groups excluding carboxylic acids is 1. The molecule has 0 fully saturated rings. The monoisotopic (exact) mass is 293 g/mol. The summed E-state index contributed by atoms with van der Waals surface area (Å²) in [7, 11) is 0. The van der Waals surface area contributed by atoms with Crippen LogP contribution in [0, 0.1) is 6.92 Å². The predicted molar refractivity (Wildman–Crippen MR) is 82.1 cm³/mol. The van der Waals surface area contributed by atoms with Crippen LogP contribution in [0.1, 0.15) is 43.8 Å². The van der Waals surface area contributed by atoms with Crippen LogP contribution in [-0.2, 0) is 17.6 Å². The zero-order chi connectivity index (χ0) is 14.5. The largest absolute Gasteiger partial charge is 0.343 e. The molecule has 1 aliphatic carbocycles. The van der Waals surface area contributed by atoms with E-state index in [1.807, 2.05) is 25.7 Å². The highest BCUT2D eigenvalue weighted by molar-refractivity contribution is 7.99. The lowest BCUT2D eigenvalue weighted by molar-refractivity contribution is -0.127. The topological polar surface area (TPSA) is 46.1 Å². The minimum Gasteiger partial charge on any atom is -0.343 e. The predicted octanol–water partition coefficient (Wildman–Crippen LogP) is 2.62. The van der Waals surface area contributed by atoms with Crippen molar-refractivity contribution in [2.75, 3.05) is 18.8 Å². The van der Waals surface area contributed by atoms with Gasteiger partial charge < -0.3 is 4.90 Å². The Labute approximate surface area is 125 Å². The van der Waals surface area contributed by atoms with Crippen molar-refractivity contribution >= 4 is 17.7 Å². The molecule has 20 heavy (non-hydrogen) atoms. The molecule has 4 nitrogen and oxygen atoms in total. The molecule has 1 heterocycles. The van der Waals surface area contributed by atoms with E-state index in [4.69, 9.17) is 0 Å². The lowest BCUT2D eigenvalue weighted by Crippen LogP contribution is -2.32. The van der Waals surface area contributed by atoms with Crippen molar-refractivity contribution in [2.45, 2.75) is 51.5 Å². The first-order valence-electron chi connectivity index (χ1n) is 7.42. The molecule has 1 amide bonds. The molecule has 1 aliphatic rings. The molecule has 2 rings (SSSR count). The quantitative estimate of drug-likeness (QED) is 0.618. The van der Waals surface area contributed by atoms with E-state index in [1.165, 1.54) is 24.1 Å². The van der Waals surface area contributed by atoms with E-state index in [0.29, 0.717) is 5.75 Å². The summed E-state index contributed by atoms with van der Waals surface area (Å²) in [5.41, 5.74) is 2.47. The SMILES string of the molecule is CCN(CC)C(=O)CSc1nc(C)nc2c1CCCC2.